The Bertz CT molecular complexity index is 427. The van der Waals surface area contributed by atoms with Gasteiger partial charge in [-0.15, -0.1) is 0 Å². The predicted octanol–water partition coefficient (Wildman–Crippen LogP) is 2.89. The van der Waals surface area contributed by atoms with Gasteiger partial charge in [-0.1, -0.05) is 24.6 Å². The Morgan fingerprint density at radius 2 is 2.25 bits per heavy atom. The van der Waals surface area contributed by atoms with Crippen LogP contribution in [0.25, 0.3) is 0 Å². The molecular weight excluding hydrogens is 248 g/mol. The number of hydrogen-bond donors (Lipinski definition) is 1. The number of ether oxygens (including phenoxy) is 1. The van der Waals surface area contributed by atoms with E-state index in [1.54, 1.807) is 0 Å². The third kappa shape index (κ3) is 3.97. The van der Waals surface area contributed by atoms with Crippen molar-refractivity contribution in [3.05, 3.63) is 29.3 Å². The van der Waals surface area contributed by atoms with Crippen LogP contribution in [-0.2, 0) is 11.2 Å². The molecule has 0 amide bonds. The molecule has 0 aliphatic carbocycles. The van der Waals surface area contributed by atoms with Gasteiger partial charge >= 0.3 is 0 Å². The molecule has 0 saturated carbocycles. The quantitative estimate of drug-likeness (QED) is 0.868. The van der Waals surface area contributed by atoms with Gasteiger partial charge in [-0.3, -0.25) is 0 Å². The molecule has 0 bridgehead atoms. The van der Waals surface area contributed by atoms with Gasteiger partial charge in [-0.05, 0) is 44.2 Å². The van der Waals surface area contributed by atoms with Crippen molar-refractivity contribution < 1.29 is 4.74 Å². The van der Waals surface area contributed by atoms with Gasteiger partial charge in [0.25, 0.3) is 0 Å². The van der Waals surface area contributed by atoms with Crippen molar-refractivity contribution in [2.75, 3.05) is 25.1 Å². The van der Waals surface area contributed by atoms with Crippen LogP contribution in [0.3, 0.4) is 0 Å². The van der Waals surface area contributed by atoms with Crippen molar-refractivity contribution in [3.63, 3.8) is 0 Å². The Kier molecular flexibility index (Phi) is 5.44. The van der Waals surface area contributed by atoms with E-state index in [9.17, 15) is 0 Å². The van der Waals surface area contributed by atoms with E-state index in [4.69, 9.17) is 10.5 Å². The number of rotatable bonds is 6. The third-order valence-electron chi connectivity index (χ3n) is 4.15. The van der Waals surface area contributed by atoms with Crippen LogP contribution in [0.4, 0.5) is 5.69 Å². The zero-order valence-electron chi connectivity index (χ0n) is 13.1. The fraction of sp³-hybridized carbons (Fsp3) is 0.647. The maximum Gasteiger partial charge on any atom is 0.0750 e. The first-order valence-corrected chi connectivity index (χ1v) is 7.78. The van der Waals surface area contributed by atoms with Crippen molar-refractivity contribution in [1.82, 2.24) is 0 Å². The number of nitrogens with two attached hydrogens (primary N) is 1. The van der Waals surface area contributed by atoms with E-state index >= 15 is 0 Å². The van der Waals surface area contributed by atoms with Crippen LogP contribution in [0.15, 0.2) is 18.2 Å². The molecule has 2 N–H and O–H groups in total. The molecule has 1 heterocycles. The second-order valence-electron chi connectivity index (χ2n) is 6.02. The number of anilines is 1. The molecule has 3 nitrogen and oxygen atoms in total. The van der Waals surface area contributed by atoms with Crippen molar-refractivity contribution in [1.29, 1.82) is 0 Å². The minimum absolute atomic E-state index is 0.242. The molecule has 112 valence electrons. The van der Waals surface area contributed by atoms with Crippen molar-refractivity contribution in [2.45, 2.75) is 51.7 Å². The summed E-state index contributed by atoms with van der Waals surface area (Å²) in [4.78, 5) is 2.33. The topological polar surface area (TPSA) is 38.5 Å². The second kappa shape index (κ2) is 7.09. The van der Waals surface area contributed by atoms with Crippen LogP contribution in [0.1, 0.15) is 37.3 Å². The molecule has 0 aromatic heterocycles. The molecule has 1 aromatic rings. The van der Waals surface area contributed by atoms with Crippen LogP contribution in [-0.4, -0.2) is 32.3 Å². The van der Waals surface area contributed by atoms with Crippen molar-refractivity contribution in [3.8, 4) is 0 Å². The molecule has 1 fully saturated rings. The molecule has 0 radical (unpaired) electrons. The highest BCUT2D eigenvalue weighted by atomic mass is 16.5. The normalized spacial score (nSPS) is 20.1. The predicted molar refractivity (Wildman–Crippen MR) is 85.4 cm³/mol. The smallest absolute Gasteiger partial charge is 0.0750 e. The minimum atomic E-state index is 0.242. The van der Waals surface area contributed by atoms with Gasteiger partial charge in [0.2, 0.25) is 0 Å². The third-order valence-corrected chi connectivity index (χ3v) is 4.15. The lowest BCUT2D eigenvalue weighted by Crippen LogP contribution is -2.30. The number of nitrogens with zero attached hydrogens (tertiary/aromatic N) is 1. The molecule has 1 saturated heterocycles. The van der Waals surface area contributed by atoms with Crippen LogP contribution in [0.5, 0.6) is 0 Å². The van der Waals surface area contributed by atoms with Gasteiger partial charge in [0.05, 0.1) is 6.10 Å². The summed E-state index contributed by atoms with van der Waals surface area (Å²) in [6.45, 7) is 6.18. The van der Waals surface area contributed by atoms with Gasteiger partial charge < -0.3 is 15.4 Å². The molecule has 1 aliphatic rings. The number of hydrogen-bond acceptors (Lipinski definition) is 3. The highest BCUT2D eigenvalue weighted by molar-refractivity contribution is 5.55. The summed E-state index contributed by atoms with van der Waals surface area (Å²) in [5.41, 5.74) is 10.1. The van der Waals surface area contributed by atoms with Gasteiger partial charge in [-0.25, -0.2) is 0 Å². The summed E-state index contributed by atoms with van der Waals surface area (Å²) in [6, 6.07) is 6.92. The molecule has 2 unspecified atom stereocenters. The van der Waals surface area contributed by atoms with Crippen LogP contribution in [0, 0.1) is 6.92 Å². The van der Waals surface area contributed by atoms with Crippen LogP contribution >= 0.6 is 0 Å². The average Bonchev–Trinajstić information content (AvgIpc) is 2.91. The zero-order chi connectivity index (χ0) is 14.5. The summed E-state index contributed by atoms with van der Waals surface area (Å²) >= 11 is 0. The van der Waals surface area contributed by atoms with E-state index in [-0.39, 0.29) is 6.04 Å². The minimum Gasteiger partial charge on any atom is -0.376 e. The summed E-state index contributed by atoms with van der Waals surface area (Å²) in [5, 5.41) is 0. The Labute approximate surface area is 123 Å². The Hall–Kier alpha value is -1.06. The monoisotopic (exact) mass is 276 g/mol. The fourth-order valence-electron chi connectivity index (χ4n) is 2.87. The first-order valence-electron chi connectivity index (χ1n) is 7.78. The molecule has 3 heteroatoms. The Balaban J connectivity index is 2.11. The molecule has 2 atom stereocenters. The number of likely N-dealkylation sites (N-methyl/N-ethyl adjacent to an activating group) is 1. The Morgan fingerprint density at radius 3 is 2.90 bits per heavy atom. The van der Waals surface area contributed by atoms with E-state index in [0.29, 0.717) is 6.10 Å². The highest BCUT2D eigenvalue weighted by Gasteiger charge is 2.19. The molecule has 2 rings (SSSR count). The van der Waals surface area contributed by atoms with E-state index in [2.05, 4.69) is 44.0 Å². The fourth-order valence-corrected chi connectivity index (χ4v) is 2.87. The molecule has 1 aliphatic heterocycles. The largest absolute Gasteiger partial charge is 0.376 e. The first kappa shape index (κ1) is 15.3. The highest BCUT2D eigenvalue weighted by Crippen LogP contribution is 2.24. The van der Waals surface area contributed by atoms with Crippen molar-refractivity contribution in [2.24, 2.45) is 5.73 Å². The number of benzene rings is 1. The standard InChI is InChI=1S/C17H28N2O/c1-4-15(18)11-14-10-13(2)7-8-17(14)19(3)12-16-6-5-9-20-16/h7-8,10,15-16H,4-6,9,11-12,18H2,1-3H3. The average molecular weight is 276 g/mol. The summed E-state index contributed by atoms with van der Waals surface area (Å²) in [6.07, 6.45) is 4.72. The zero-order valence-corrected chi connectivity index (χ0v) is 13.1. The van der Waals surface area contributed by atoms with Gasteiger partial charge in [-0.2, -0.15) is 0 Å². The van der Waals surface area contributed by atoms with E-state index < -0.39 is 0 Å². The van der Waals surface area contributed by atoms with Crippen LogP contribution in [0.2, 0.25) is 0 Å². The van der Waals surface area contributed by atoms with E-state index in [1.165, 1.54) is 29.7 Å². The lowest BCUT2D eigenvalue weighted by molar-refractivity contribution is 0.116. The van der Waals surface area contributed by atoms with Crippen LogP contribution < -0.4 is 10.6 Å². The lowest BCUT2D eigenvalue weighted by Gasteiger charge is -2.26. The summed E-state index contributed by atoms with van der Waals surface area (Å²) in [7, 11) is 2.16. The van der Waals surface area contributed by atoms with Gasteiger partial charge in [0, 0.05) is 31.9 Å². The SMILES string of the molecule is CCC(N)Cc1cc(C)ccc1N(C)CC1CCCO1. The molecule has 1 aromatic carbocycles. The maximum absolute atomic E-state index is 6.14. The first-order chi connectivity index (χ1) is 9.60. The van der Waals surface area contributed by atoms with Gasteiger partial charge in [0.15, 0.2) is 0 Å². The summed E-state index contributed by atoms with van der Waals surface area (Å²) in [5.74, 6) is 0. The van der Waals surface area contributed by atoms with E-state index in [1.807, 2.05) is 0 Å². The molecule has 20 heavy (non-hydrogen) atoms. The van der Waals surface area contributed by atoms with Gasteiger partial charge in [0.1, 0.15) is 0 Å². The molecular formula is C17H28N2O. The second-order valence-corrected chi connectivity index (χ2v) is 6.02. The summed E-state index contributed by atoms with van der Waals surface area (Å²) < 4.78 is 5.74. The molecule has 0 spiro atoms. The number of aryl methyl sites for hydroxylation is 1. The van der Waals surface area contributed by atoms with Crippen molar-refractivity contribution >= 4 is 5.69 Å². The Morgan fingerprint density at radius 1 is 1.45 bits per heavy atom. The lowest BCUT2D eigenvalue weighted by atomic mass is 10.00. The van der Waals surface area contributed by atoms with E-state index in [0.717, 1.165) is 26.0 Å². The maximum atomic E-state index is 6.14.